The summed E-state index contributed by atoms with van der Waals surface area (Å²) < 4.78 is 14.4. The Morgan fingerprint density at radius 1 is 0.963 bits per heavy atom. The number of para-hydroxylation sites is 1. The first-order chi connectivity index (χ1) is 13.1. The van der Waals surface area contributed by atoms with Gasteiger partial charge in [-0.1, -0.05) is 18.2 Å². The molecule has 0 atom stereocenters. The minimum absolute atomic E-state index is 0.301. The minimum atomic E-state index is -0.657. The molecule has 7 nitrogen and oxygen atoms in total. The Hall–Kier alpha value is -3.39. The van der Waals surface area contributed by atoms with Gasteiger partial charge in [0, 0.05) is 5.69 Å². The van der Waals surface area contributed by atoms with Crippen LogP contribution in [0.5, 0.6) is 11.5 Å². The molecule has 8 heteroatoms. The van der Waals surface area contributed by atoms with Crippen molar-refractivity contribution in [1.82, 2.24) is 4.37 Å². The number of nitrogens with zero attached hydrogens (tertiary/aromatic N) is 1. The lowest BCUT2D eigenvalue weighted by Gasteiger charge is -2.09. The summed E-state index contributed by atoms with van der Waals surface area (Å²) in [5.41, 5.74) is 1.41. The Bertz CT molecular complexity index is 939. The van der Waals surface area contributed by atoms with E-state index in [1.807, 2.05) is 30.3 Å². The minimum Gasteiger partial charge on any atom is -0.457 e. The van der Waals surface area contributed by atoms with Gasteiger partial charge in [0.15, 0.2) is 0 Å². The predicted molar refractivity (Wildman–Crippen MR) is 104 cm³/mol. The average Bonchev–Trinajstić information content (AvgIpc) is 3.04. The lowest BCUT2D eigenvalue weighted by molar-refractivity contribution is 0.102. The van der Waals surface area contributed by atoms with Gasteiger partial charge in [-0.2, -0.15) is 4.37 Å². The van der Waals surface area contributed by atoms with Gasteiger partial charge in [0.05, 0.1) is 18.4 Å². The first-order valence-electron chi connectivity index (χ1n) is 8.02. The molecule has 0 aliphatic heterocycles. The third-order valence-electron chi connectivity index (χ3n) is 3.58. The summed E-state index contributed by atoms with van der Waals surface area (Å²) in [7, 11) is 1.25. The van der Waals surface area contributed by atoms with E-state index < -0.39 is 6.09 Å². The zero-order chi connectivity index (χ0) is 19.2. The molecule has 0 aliphatic rings. The molecule has 1 heterocycles. The third-order valence-corrected chi connectivity index (χ3v) is 4.44. The Morgan fingerprint density at radius 2 is 1.63 bits per heavy atom. The molecule has 0 unspecified atom stereocenters. The molecule has 0 aliphatic carbocycles. The van der Waals surface area contributed by atoms with Crippen molar-refractivity contribution in [2.24, 2.45) is 0 Å². The molecule has 0 saturated carbocycles. The summed E-state index contributed by atoms with van der Waals surface area (Å²) in [6.07, 6.45) is -0.657. The van der Waals surface area contributed by atoms with E-state index in [-0.39, 0.29) is 5.91 Å². The number of hydrogen-bond donors (Lipinski definition) is 2. The van der Waals surface area contributed by atoms with Crippen molar-refractivity contribution >= 4 is 34.2 Å². The normalized spacial score (nSPS) is 10.1. The topological polar surface area (TPSA) is 89.5 Å². The standard InChI is InChI=1S/C19H17N3O4S/c1-12-16(18(27-22-12)21-19(24)25-2)17(23)20-13-8-10-15(11-9-13)26-14-6-4-3-5-7-14/h3-11H,1-2H3,(H,20,23)(H,21,24). The molecule has 3 aromatic rings. The lowest BCUT2D eigenvalue weighted by atomic mass is 10.2. The van der Waals surface area contributed by atoms with Crippen LogP contribution in [-0.4, -0.2) is 23.5 Å². The van der Waals surface area contributed by atoms with Crippen molar-refractivity contribution in [2.75, 3.05) is 17.7 Å². The van der Waals surface area contributed by atoms with Crippen LogP contribution in [-0.2, 0) is 4.74 Å². The molecule has 1 aromatic heterocycles. The highest BCUT2D eigenvalue weighted by atomic mass is 32.1. The Morgan fingerprint density at radius 3 is 2.30 bits per heavy atom. The van der Waals surface area contributed by atoms with Crippen molar-refractivity contribution in [2.45, 2.75) is 6.92 Å². The molecule has 2 aromatic carbocycles. The van der Waals surface area contributed by atoms with Crippen molar-refractivity contribution < 1.29 is 19.1 Å². The molecule has 0 saturated heterocycles. The van der Waals surface area contributed by atoms with Crippen LogP contribution in [0.2, 0.25) is 0 Å². The average molecular weight is 383 g/mol. The van der Waals surface area contributed by atoms with Gasteiger partial charge < -0.3 is 14.8 Å². The molecule has 0 fully saturated rings. The monoisotopic (exact) mass is 383 g/mol. The maximum Gasteiger partial charge on any atom is 0.412 e. The van der Waals surface area contributed by atoms with Crippen LogP contribution in [0.25, 0.3) is 0 Å². The fourth-order valence-corrected chi connectivity index (χ4v) is 3.07. The second-order valence-electron chi connectivity index (χ2n) is 5.48. The van der Waals surface area contributed by atoms with E-state index in [9.17, 15) is 9.59 Å². The fraction of sp³-hybridized carbons (Fsp3) is 0.105. The second-order valence-corrected chi connectivity index (χ2v) is 6.26. The maximum atomic E-state index is 12.6. The first-order valence-corrected chi connectivity index (χ1v) is 8.79. The Kier molecular flexibility index (Phi) is 5.68. The van der Waals surface area contributed by atoms with Crippen LogP contribution >= 0.6 is 11.5 Å². The van der Waals surface area contributed by atoms with Gasteiger partial charge in [0.25, 0.3) is 5.91 Å². The number of aromatic nitrogens is 1. The van der Waals surface area contributed by atoms with Gasteiger partial charge >= 0.3 is 6.09 Å². The number of rotatable bonds is 5. The number of amides is 2. The Labute approximate surface area is 160 Å². The number of methoxy groups -OCH3 is 1. The van der Waals surface area contributed by atoms with Crippen molar-refractivity contribution in [3.05, 3.63) is 65.9 Å². The number of carbonyl (C=O) groups is 2. The number of carbonyl (C=O) groups excluding carboxylic acids is 2. The van der Waals surface area contributed by atoms with Gasteiger partial charge in [0.2, 0.25) is 0 Å². The van der Waals surface area contributed by atoms with E-state index in [4.69, 9.17) is 4.74 Å². The molecule has 0 bridgehead atoms. The molecule has 2 N–H and O–H groups in total. The Balaban J connectivity index is 1.69. The summed E-state index contributed by atoms with van der Waals surface area (Å²) in [6.45, 7) is 1.70. The lowest BCUT2D eigenvalue weighted by Crippen LogP contribution is -2.17. The zero-order valence-corrected chi connectivity index (χ0v) is 15.5. The summed E-state index contributed by atoms with van der Waals surface area (Å²) in [6, 6.07) is 16.4. The molecule has 0 radical (unpaired) electrons. The van der Waals surface area contributed by atoms with Crippen LogP contribution in [0, 0.1) is 6.92 Å². The summed E-state index contributed by atoms with van der Waals surface area (Å²) >= 11 is 1.02. The fourth-order valence-electron chi connectivity index (χ4n) is 2.29. The second kappa shape index (κ2) is 8.33. The summed E-state index contributed by atoms with van der Waals surface area (Å²) in [5, 5.41) is 5.62. The van der Waals surface area contributed by atoms with Gasteiger partial charge in [-0.15, -0.1) is 0 Å². The van der Waals surface area contributed by atoms with Gasteiger partial charge in [0.1, 0.15) is 16.5 Å². The number of nitrogens with one attached hydrogen (secondary N) is 2. The third kappa shape index (κ3) is 4.62. The summed E-state index contributed by atoms with van der Waals surface area (Å²) in [5.74, 6) is 1.01. The van der Waals surface area contributed by atoms with E-state index in [0.717, 1.165) is 17.3 Å². The number of anilines is 2. The van der Waals surface area contributed by atoms with Crippen LogP contribution in [0.4, 0.5) is 15.5 Å². The van der Waals surface area contributed by atoms with Crippen LogP contribution in [0.1, 0.15) is 16.1 Å². The number of ether oxygens (including phenoxy) is 2. The highest BCUT2D eigenvalue weighted by molar-refractivity contribution is 7.11. The van der Waals surface area contributed by atoms with E-state index >= 15 is 0 Å². The highest BCUT2D eigenvalue weighted by Crippen LogP contribution is 2.27. The van der Waals surface area contributed by atoms with Crippen LogP contribution < -0.4 is 15.4 Å². The maximum absolute atomic E-state index is 12.6. The van der Waals surface area contributed by atoms with Crippen molar-refractivity contribution in [1.29, 1.82) is 0 Å². The zero-order valence-electron chi connectivity index (χ0n) is 14.7. The molecule has 3 rings (SSSR count). The quantitative estimate of drug-likeness (QED) is 0.668. The number of aryl methyl sites for hydroxylation is 1. The summed E-state index contributed by atoms with van der Waals surface area (Å²) in [4.78, 5) is 24.0. The molecular weight excluding hydrogens is 366 g/mol. The largest absolute Gasteiger partial charge is 0.457 e. The van der Waals surface area contributed by atoms with Crippen molar-refractivity contribution in [3.8, 4) is 11.5 Å². The van der Waals surface area contributed by atoms with Gasteiger partial charge in [-0.3, -0.25) is 10.1 Å². The molecule has 27 heavy (non-hydrogen) atoms. The van der Waals surface area contributed by atoms with Gasteiger partial charge in [-0.05, 0) is 54.9 Å². The number of benzene rings is 2. The molecule has 138 valence electrons. The molecule has 2 amide bonds. The molecular formula is C19H17N3O4S. The number of hydrogen-bond acceptors (Lipinski definition) is 6. The van der Waals surface area contributed by atoms with E-state index in [1.165, 1.54) is 7.11 Å². The van der Waals surface area contributed by atoms with Gasteiger partial charge in [-0.25, -0.2) is 4.79 Å². The highest BCUT2D eigenvalue weighted by Gasteiger charge is 2.20. The molecule has 0 spiro atoms. The first kappa shape index (κ1) is 18.4. The predicted octanol–water partition coefficient (Wildman–Crippen LogP) is 4.67. The SMILES string of the molecule is COC(=O)Nc1snc(C)c1C(=O)Nc1ccc(Oc2ccccc2)cc1. The van der Waals surface area contributed by atoms with Crippen LogP contribution in [0.15, 0.2) is 54.6 Å². The smallest absolute Gasteiger partial charge is 0.412 e. The van der Waals surface area contributed by atoms with Crippen LogP contribution in [0.3, 0.4) is 0 Å². The van der Waals surface area contributed by atoms with E-state index in [1.54, 1.807) is 31.2 Å². The van der Waals surface area contributed by atoms with E-state index in [2.05, 4.69) is 19.7 Å². The van der Waals surface area contributed by atoms with Crippen molar-refractivity contribution in [3.63, 3.8) is 0 Å². The van der Waals surface area contributed by atoms with E-state index in [0.29, 0.717) is 27.7 Å².